The smallest absolute Gasteiger partial charge is 0.224 e. The van der Waals surface area contributed by atoms with Gasteiger partial charge in [0, 0.05) is 26.1 Å². The molecule has 0 radical (unpaired) electrons. The summed E-state index contributed by atoms with van der Waals surface area (Å²) in [5.74, 6) is 1.82. The minimum atomic E-state index is 0.246. The predicted molar refractivity (Wildman–Crippen MR) is 101 cm³/mol. The number of amides is 1. The number of para-hydroxylation sites is 3. The molecular formula is C21H26N2O2. The maximum Gasteiger partial charge on any atom is 0.224 e. The van der Waals surface area contributed by atoms with Gasteiger partial charge in [0.25, 0.3) is 0 Å². The number of likely N-dealkylation sites (tertiary alicyclic amines) is 1. The predicted octanol–water partition coefficient (Wildman–Crippen LogP) is 4.68. The summed E-state index contributed by atoms with van der Waals surface area (Å²) in [5, 5.41) is 3.35. The second-order valence-corrected chi connectivity index (χ2v) is 6.38. The Balaban J connectivity index is 1.53. The van der Waals surface area contributed by atoms with Crippen LogP contribution < -0.4 is 10.1 Å². The molecule has 1 aliphatic rings. The summed E-state index contributed by atoms with van der Waals surface area (Å²) in [4.78, 5) is 14.4. The Morgan fingerprint density at radius 2 is 1.60 bits per heavy atom. The number of carbonyl (C=O) groups is 1. The fraction of sp³-hybridized carbons (Fsp3) is 0.381. The Kier molecular flexibility index (Phi) is 6.32. The Bertz CT molecular complexity index is 665. The highest BCUT2D eigenvalue weighted by atomic mass is 16.5. The molecule has 0 spiro atoms. The van der Waals surface area contributed by atoms with Crippen molar-refractivity contribution in [2.45, 2.75) is 32.1 Å². The number of hydrogen-bond donors (Lipinski definition) is 1. The first-order valence-corrected chi connectivity index (χ1v) is 9.16. The average Bonchev–Trinajstić information content (AvgIpc) is 2.93. The SMILES string of the molecule is O=C(CCNc1ccccc1Oc1ccccc1)N1CCCCCC1. The van der Waals surface area contributed by atoms with Gasteiger partial charge in [-0.3, -0.25) is 4.79 Å². The normalized spacial score (nSPS) is 14.6. The zero-order valence-electron chi connectivity index (χ0n) is 14.6. The molecule has 1 saturated heterocycles. The van der Waals surface area contributed by atoms with Crippen LogP contribution in [0.5, 0.6) is 11.5 Å². The van der Waals surface area contributed by atoms with Crippen LogP contribution in [0.1, 0.15) is 32.1 Å². The molecule has 2 aromatic rings. The van der Waals surface area contributed by atoms with Gasteiger partial charge in [0.2, 0.25) is 5.91 Å². The van der Waals surface area contributed by atoms with E-state index in [1.54, 1.807) is 0 Å². The lowest BCUT2D eigenvalue weighted by Gasteiger charge is -2.20. The van der Waals surface area contributed by atoms with Crippen LogP contribution in [0.25, 0.3) is 0 Å². The third-order valence-electron chi connectivity index (χ3n) is 4.47. The van der Waals surface area contributed by atoms with E-state index in [1.165, 1.54) is 12.8 Å². The fourth-order valence-electron chi connectivity index (χ4n) is 3.10. The van der Waals surface area contributed by atoms with Crippen LogP contribution in [0.3, 0.4) is 0 Å². The Morgan fingerprint density at radius 3 is 2.36 bits per heavy atom. The molecule has 0 aliphatic carbocycles. The lowest BCUT2D eigenvalue weighted by atomic mass is 10.2. The number of rotatable bonds is 6. The van der Waals surface area contributed by atoms with E-state index in [-0.39, 0.29) is 5.91 Å². The summed E-state index contributed by atoms with van der Waals surface area (Å²) in [6.45, 7) is 2.43. The Hall–Kier alpha value is -2.49. The van der Waals surface area contributed by atoms with Gasteiger partial charge < -0.3 is 15.0 Å². The zero-order valence-corrected chi connectivity index (χ0v) is 14.6. The van der Waals surface area contributed by atoms with E-state index < -0.39 is 0 Å². The van der Waals surface area contributed by atoms with Crippen LogP contribution in [0.2, 0.25) is 0 Å². The number of ether oxygens (including phenoxy) is 1. The van der Waals surface area contributed by atoms with Gasteiger partial charge in [-0.25, -0.2) is 0 Å². The highest BCUT2D eigenvalue weighted by Gasteiger charge is 2.15. The Morgan fingerprint density at radius 1 is 0.920 bits per heavy atom. The monoisotopic (exact) mass is 338 g/mol. The first-order chi connectivity index (χ1) is 12.3. The first-order valence-electron chi connectivity index (χ1n) is 9.16. The summed E-state index contributed by atoms with van der Waals surface area (Å²) < 4.78 is 5.94. The quantitative estimate of drug-likeness (QED) is 0.831. The van der Waals surface area contributed by atoms with E-state index in [0.717, 1.165) is 43.1 Å². The van der Waals surface area contributed by atoms with Crippen LogP contribution >= 0.6 is 0 Å². The summed E-state index contributed by atoms with van der Waals surface area (Å²) in [5.41, 5.74) is 0.912. The van der Waals surface area contributed by atoms with E-state index >= 15 is 0 Å². The molecule has 1 fully saturated rings. The minimum absolute atomic E-state index is 0.246. The molecule has 4 nitrogen and oxygen atoms in total. The van der Waals surface area contributed by atoms with E-state index in [2.05, 4.69) is 5.32 Å². The van der Waals surface area contributed by atoms with Crippen molar-refractivity contribution in [1.82, 2.24) is 4.90 Å². The zero-order chi connectivity index (χ0) is 17.3. The van der Waals surface area contributed by atoms with Gasteiger partial charge >= 0.3 is 0 Å². The highest BCUT2D eigenvalue weighted by molar-refractivity contribution is 5.77. The fourth-order valence-corrected chi connectivity index (χ4v) is 3.10. The molecule has 1 amide bonds. The molecule has 4 heteroatoms. The third-order valence-corrected chi connectivity index (χ3v) is 4.47. The molecule has 3 rings (SSSR count). The summed E-state index contributed by atoms with van der Waals surface area (Å²) >= 11 is 0. The molecule has 132 valence electrons. The largest absolute Gasteiger partial charge is 0.455 e. The van der Waals surface area contributed by atoms with Crippen molar-refractivity contribution in [3.63, 3.8) is 0 Å². The topological polar surface area (TPSA) is 41.6 Å². The number of hydrogen-bond acceptors (Lipinski definition) is 3. The van der Waals surface area contributed by atoms with Crippen LogP contribution in [0.4, 0.5) is 5.69 Å². The third kappa shape index (κ3) is 5.24. The molecule has 0 unspecified atom stereocenters. The Labute approximate surface area is 149 Å². The summed E-state index contributed by atoms with van der Waals surface area (Å²) in [7, 11) is 0. The first kappa shape index (κ1) is 17.3. The van der Waals surface area contributed by atoms with Crippen molar-refractivity contribution < 1.29 is 9.53 Å². The molecule has 1 N–H and O–H groups in total. The van der Waals surface area contributed by atoms with Crippen molar-refractivity contribution >= 4 is 11.6 Å². The van der Waals surface area contributed by atoms with E-state index in [9.17, 15) is 4.79 Å². The van der Waals surface area contributed by atoms with E-state index in [4.69, 9.17) is 4.74 Å². The minimum Gasteiger partial charge on any atom is -0.455 e. The second kappa shape index (κ2) is 9.11. The number of nitrogens with zero attached hydrogens (tertiary/aromatic N) is 1. The van der Waals surface area contributed by atoms with Gasteiger partial charge in [0.05, 0.1) is 5.69 Å². The highest BCUT2D eigenvalue weighted by Crippen LogP contribution is 2.29. The van der Waals surface area contributed by atoms with Crippen molar-refractivity contribution in [2.24, 2.45) is 0 Å². The molecule has 0 saturated carbocycles. The van der Waals surface area contributed by atoms with Crippen molar-refractivity contribution in [3.8, 4) is 11.5 Å². The number of carbonyl (C=O) groups excluding carboxylic acids is 1. The maximum atomic E-state index is 12.4. The molecule has 0 bridgehead atoms. The van der Waals surface area contributed by atoms with Gasteiger partial charge in [-0.15, -0.1) is 0 Å². The maximum absolute atomic E-state index is 12.4. The van der Waals surface area contributed by atoms with Crippen molar-refractivity contribution in [2.75, 3.05) is 25.0 Å². The van der Waals surface area contributed by atoms with Crippen molar-refractivity contribution in [3.05, 3.63) is 54.6 Å². The molecule has 2 aromatic carbocycles. The number of nitrogens with one attached hydrogen (secondary N) is 1. The van der Waals surface area contributed by atoms with Crippen LogP contribution in [0, 0.1) is 0 Å². The summed E-state index contributed by atoms with van der Waals surface area (Å²) in [6.07, 6.45) is 5.26. The van der Waals surface area contributed by atoms with Gasteiger partial charge in [0.1, 0.15) is 5.75 Å². The van der Waals surface area contributed by atoms with E-state index in [0.29, 0.717) is 13.0 Å². The molecule has 0 atom stereocenters. The van der Waals surface area contributed by atoms with E-state index in [1.807, 2.05) is 59.5 Å². The molecule has 0 aromatic heterocycles. The number of anilines is 1. The number of benzene rings is 2. The van der Waals surface area contributed by atoms with Crippen LogP contribution in [0.15, 0.2) is 54.6 Å². The van der Waals surface area contributed by atoms with Gasteiger partial charge in [0.15, 0.2) is 5.75 Å². The van der Waals surface area contributed by atoms with Gasteiger partial charge in [-0.2, -0.15) is 0 Å². The molecule has 1 aliphatic heterocycles. The standard InChI is InChI=1S/C21H26N2O2/c24-21(23-16-8-1-2-9-17-23)14-15-22-19-12-6-7-13-20(19)25-18-10-4-3-5-11-18/h3-7,10-13,22H,1-2,8-9,14-17H2. The molecule has 1 heterocycles. The molecule has 25 heavy (non-hydrogen) atoms. The second-order valence-electron chi connectivity index (χ2n) is 6.38. The summed E-state index contributed by atoms with van der Waals surface area (Å²) in [6, 6.07) is 17.6. The van der Waals surface area contributed by atoms with Crippen LogP contribution in [-0.2, 0) is 4.79 Å². The average molecular weight is 338 g/mol. The lowest BCUT2D eigenvalue weighted by Crippen LogP contribution is -2.32. The van der Waals surface area contributed by atoms with Crippen molar-refractivity contribution in [1.29, 1.82) is 0 Å². The van der Waals surface area contributed by atoms with Gasteiger partial charge in [-0.05, 0) is 37.1 Å². The van der Waals surface area contributed by atoms with Gasteiger partial charge in [-0.1, -0.05) is 43.2 Å². The lowest BCUT2D eigenvalue weighted by molar-refractivity contribution is -0.130. The molecular weight excluding hydrogens is 312 g/mol. The van der Waals surface area contributed by atoms with Crippen LogP contribution in [-0.4, -0.2) is 30.4 Å².